The number of aryl methyl sites for hydroxylation is 1. The van der Waals surface area contributed by atoms with Gasteiger partial charge in [-0.25, -0.2) is 4.39 Å². The van der Waals surface area contributed by atoms with Crippen LogP contribution in [-0.4, -0.2) is 4.57 Å². The molecular formula is C18H14FN. The Kier molecular flexibility index (Phi) is 2.49. The Hall–Kier alpha value is -2.35. The van der Waals surface area contributed by atoms with Crippen LogP contribution in [0.1, 0.15) is 5.56 Å². The van der Waals surface area contributed by atoms with Crippen molar-refractivity contribution in [3.05, 3.63) is 72.0 Å². The van der Waals surface area contributed by atoms with Crippen LogP contribution in [0.15, 0.2) is 60.7 Å². The largest absolute Gasteiger partial charge is 0.340 e. The van der Waals surface area contributed by atoms with Gasteiger partial charge in [0.05, 0.1) is 0 Å². The van der Waals surface area contributed by atoms with Crippen LogP contribution in [0.2, 0.25) is 0 Å². The third kappa shape index (κ3) is 1.68. The highest BCUT2D eigenvalue weighted by Crippen LogP contribution is 2.34. The van der Waals surface area contributed by atoms with Gasteiger partial charge in [0, 0.05) is 23.5 Å². The minimum absolute atomic E-state index is 0.190. The fraction of sp³-hybridized carbons (Fsp3) is 0.111. The molecule has 0 N–H and O–H groups in total. The van der Waals surface area contributed by atoms with Gasteiger partial charge in [0.1, 0.15) is 5.82 Å². The molecule has 0 unspecified atom stereocenters. The van der Waals surface area contributed by atoms with Crippen LogP contribution in [0.3, 0.4) is 0 Å². The maximum atomic E-state index is 13.1. The van der Waals surface area contributed by atoms with Gasteiger partial charge in [-0.1, -0.05) is 24.3 Å². The van der Waals surface area contributed by atoms with E-state index >= 15 is 0 Å². The summed E-state index contributed by atoms with van der Waals surface area (Å²) in [7, 11) is 0. The van der Waals surface area contributed by atoms with Crippen LogP contribution in [0.5, 0.6) is 0 Å². The molecule has 20 heavy (non-hydrogen) atoms. The van der Waals surface area contributed by atoms with E-state index in [9.17, 15) is 4.39 Å². The summed E-state index contributed by atoms with van der Waals surface area (Å²) in [6.45, 7) is 0.978. The molecule has 0 radical (unpaired) electrons. The van der Waals surface area contributed by atoms with Gasteiger partial charge in [-0.2, -0.15) is 0 Å². The van der Waals surface area contributed by atoms with Crippen molar-refractivity contribution in [3.63, 3.8) is 0 Å². The molecule has 1 aliphatic rings. The summed E-state index contributed by atoms with van der Waals surface area (Å²) < 4.78 is 15.4. The molecule has 0 bridgehead atoms. The summed E-state index contributed by atoms with van der Waals surface area (Å²) in [6.07, 6.45) is 1.05. The molecule has 0 amide bonds. The quantitative estimate of drug-likeness (QED) is 0.608. The first-order valence-corrected chi connectivity index (χ1v) is 6.87. The number of aromatic nitrogens is 1. The summed E-state index contributed by atoms with van der Waals surface area (Å²) in [5.74, 6) is -0.190. The van der Waals surface area contributed by atoms with Crippen molar-refractivity contribution in [2.75, 3.05) is 0 Å². The average Bonchev–Trinajstić information content (AvgIpc) is 2.92. The molecule has 1 nitrogen and oxygen atoms in total. The zero-order valence-corrected chi connectivity index (χ0v) is 11.0. The van der Waals surface area contributed by atoms with E-state index in [0.717, 1.165) is 24.2 Å². The normalized spacial score (nSPS) is 12.8. The van der Waals surface area contributed by atoms with Crippen molar-refractivity contribution in [3.8, 4) is 22.5 Å². The molecule has 2 aromatic carbocycles. The molecule has 0 fully saturated rings. The molecule has 98 valence electrons. The van der Waals surface area contributed by atoms with E-state index in [0.29, 0.717) is 0 Å². The lowest BCUT2D eigenvalue weighted by molar-refractivity contribution is 0.628. The molecule has 3 aromatic rings. The summed E-state index contributed by atoms with van der Waals surface area (Å²) in [6, 6.07) is 19.6. The Balaban J connectivity index is 1.87. The Bertz CT molecular complexity index is 768. The zero-order chi connectivity index (χ0) is 13.5. The minimum Gasteiger partial charge on any atom is -0.340 e. The minimum atomic E-state index is -0.190. The molecule has 0 saturated carbocycles. The zero-order valence-electron chi connectivity index (χ0n) is 11.0. The van der Waals surface area contributed by atoms with Crippen LogP contribution in [0.4, 0.5) is 4.39 Å². The predicted octanol–water partition coefficient (Wildman–Crippen LogP) is 4.52. The number of benzene rings is 2. The van der Waals surface area contributed by atoms with Crippen LogP contribution >= 0.6 is 0 Å². The maximum absolute atomic E-state index is 13.1. The Labute approximate surface area is 117 Å². The van der Waals surface area contributed by atoms with Gasteiger partial charge in [-0.3, -0.25) is 0 Å². The highest BCUT2D eigenvalue weighted by atomic mass is 19.1. The fourth-order valence-corrected chi connectivity index (χ4v) is 3.04. The number of halogens is 1. The van der Waals surface area contributed by atoms with Crippen molar-refractivity contribution in [2.24, 2.45) is 0 Å². The van der Waals surface area contributed by atoms with Gasteiger partial charge in [0.2, 0.25) is 0 Å². The Morgan fingerprint density at radius 1 is 0.800 bits per heavy atom. The van der Waals surface area contributed by atoms with E-state index in [1.807, 2.05) is 12.1 Å². The first-order chi connectivity index (χ1) is 9.83. The number of fused-ring (bicyclic) bond motifs is 3. The monoisotopic (exact) mass is 263 g/mol. The summed E-state index contributed by atoms with van der Waals surface area (Å²) >= 11 is 0. The molecule has 0 atom stereocenters. The molecule has 2 heteroatoms. The summed E-state index contributed by atoms with van der Waals surface area (Å²) in [4.78, 5) is 0. The van der Waals surface area contributed by atoms with E-state index in [2.05, 4.69) is 41.0 Å². The molecule has 1 aromatic heterocycles. The van der Waals surface area contributed by atoms with Crippen molar-refractivity contribution < 1.29 is 4.39 Å². The lowest BCUT2D eigenvalue weighted by atomic mass is 9.99. The molecule has 0 aliphatic carbocycles. The van der Waals surface area contributed by atoms with Crippen LogP contribution < -0.4 is 0 Å². The van der Waals surface area contributed by atoms with Gasteiger partial charge in [0.15, 0.2) is 0 Å². The van der Waals surface area contributed by atoms with Crippen LogP contribution in [0.25, 0.3) is 22.5 Å². The second kappa shape index (κ2) is 4.34. The molecule has 4 rings (SSSR count). The van der Waals surface area contributed by atoms with Crippen molar-refractivity contribution in [1.29, 1.82) is 0 Å². The number of hydrogen-bond donors (Lipinski definition) is 0. The molecule has 1 aliphatic heterocycles. The fourth-order valence-electron chi connectivity index (χ4n) is 3.04. The van der Waals surface area contributed by atoms with Gasteiger partial charge in [-0.15, -0.1) is 0 Å². The first-order valence-electron chi connectivity index (χ1n) is 6.87. The highest BCUT2D eigenvalue weighted by molar-refractivity contribution is 5.73. The van der Waals surface area contributed by atoms with Gasteiger partial charge >= 0.3 is 0 Å². The number of hydrogen-bond acceptors (Lipinski definition) is 0. The van der Waals surface area contributed by atoms with Crippen LogP contribution in [0, 0.1) is 5.82 Å². The van der Waals surface area contributed by atoms with Crippen molar-refractivity contribution in [1.82, 2.24) is 4.57 Å². The maximum Gasteiger partial charge on any atom is 0.123 e. The number of rotatable bonds is 1. The molecule has 0 spiro atoms. The lowest BCUT2D eigenvalue weighted by Crippen LogP contribution is -2.11. The van der Waals surface area contributed by atoms with E-state index < -0.39 is 0 Å². The van der Waals surface area contributed by atoms with E-state index in [4.69, 9.17) is 0 Å². The standard InChI is InChI=1S/C18H14FN/c19-15-7-5-14(6-8-15)17-9-10-18-16-4-2-1-3-13(16)11-12-20(17)18/h1-10H,11-12H2. The smallest absolute Gasteiger partial charge is 0.123 e. The van der Waals surface area contributed by atoms with E-state index in [-0.39, 0.29) is 5.82 Å². The van der Waals surface area contributed by atoms with Crippen LogP contribution in [-0.2, 0) is 13.0 Å². The summed E-state index contributed by atoms with van der Waals surface area (Å²) in [5.41, 5.74) is 6.20. The van der Waals surface area contributed by atoms with Gasteiger partial charge in [-0.05, 0) is 53.9 Å². The number of nitrogens with zero attached hydrogens (tertiary/aromatic N) is 1. The first kappa shape index (κ1) is 11.5. The van der Waals surface area contributed by atoms with Crippen molar-refractivity contribution >= 4 is 0 Å². The van der Waals surface area contributed by atoms with Gasteiger partial charge in [0.25, 0.3) is 0 Å². The van der Waals surface area contributed by atoms with E-state index in [1.165, 1.54) is 29.0 Å². The topological polar surface area (TPSA) is 4.93 Å². The molecule has 2 heterocycles. The lowest BCUT2D eigenvalue weighted by Gasteiger charge is -2.21. The Morgan fingerprint density at radius 3 is 2.40 bits per heavy atom. The van der Waals surface area contributed by atoms with E-state index in [1.54, 1.807) is 0 Å². The highest BCUT2D eigenvalue weighted by Gasteiger charge is 2.18. The average molecular weight is 263 g/mol. The molecular weight excluding hydrogens is 249 g/mol. The Morgan fingerprint density at radius 2 is 1.55 bits per heavy atom. The predicted molar refractivity (Wildman–Crippen MR) is 79.0 cm³/mol. The third-order valence-electron chi connectivity index (χ3n) is 4.02. The summed E-state index contributed by atoms with van der Waals surface area (Å²) in [5, 5.41) is 0. The third-order valence-corrected chi connectivity index (χ3v) is 4.02. The molecule has 0 saturated heterocycles. The van der Waals surface area contributed by atoms with Gasteiger partial charge < -0.3 is 4.57 Å². The SMILES string of the molecule is Fc1ccc(-c2ccc3n2CCc2ccccc2-3)cc1. The van der Waals surface area contributed by atoms with Crippen molar-refractivity contribution in [2.45, 2.75) is 13.0 Å². The second-order valence-electron chi connectivity index (χ2n) is 5.17. The second-order valence-corrected chi connectivity index (χ2v) is 5.17.